The summed E-state index contributed by atoms with van der Waals surface area (Å²) in [6.07, 6.45) is 0.530. The van der Waals surface area contributed by atoms with Crippen LogP contribution in [0.15, 0.2) is 72.8 Å². The number of aliphatic hydroxyl groups excluding tert-OH is 1. The molecule has 3 rings (SSSR count). The fourth-order valence-electron chi connectivity index (χ4n) is 3.81. The number of aliphatic hydroxyl groups is 1. The summed E-state index contributed by atoms with van der Waals surface area (Å²) < 4.78 is 15.3. The molecule has 0 spiro atoms. The summed E-state index contributed by atoms with van der Waals surface area (Å²) in [4.78, 5) is -1.14. The molecule has 2 unspecified atom stereocenters. The van der Waals surface area contributed by atoms with E-state index in [0.717, 1.165) is 23.1 Å². The number of benzene rings is 3. The zero-order valence-electron chi connectivity index (χ0n) is 17.2. The lowest BCUT2D eigenvalue weighted by molar-refractivity contribution is 0.172. The smallest absolute Gasteiger partial charge is 0.129 e. The first kappa shape index (κ1) is 21.5. The lowest BCUT2D eigenvalue weighted by Crippen LogP contribution is -2.27. The molecule has 152 valence electrons. The van der Waals surface area contributed by atoms with Crippen LogP contribution in [-0.4, -0.2) is 11.2 Å². The molecule has 0 bridgehead atoms. The van der Waals surface area contributed by atoms with Crippen LogP contribution in [0.4, 0.5) is 4.39 Å². The van der Waals surface area contributed by atoms with Crippen molar-refractivity contribution >= 4 is 11.6 Å². The molecule has 0 saturated carbocycles. The van der Waals surface area contributed by atoms with Gasteiger partial charge in [-0.05, 0) is 47.6 Å². The van der Waals surface area contributed by atoms with Crippen LogP contribution in [0.5, 0.6) is 0 Å². The Labute approximate surface area is 178 Å². The van der Waals surface area contributed by atoms with Crippen LogP contribution in [0.3, 0.4) is 0 Å². The Morgan fingerprint density at radius 2 is 1.55 bits per heavy atom. The van der Waals surface area contributed by atoms with E-state index < -0.39 is 11.0 Å². The summed E-state index contributed by atoms with van der Waals surface area (Å²) >= 11 is 7.05. The van der Waals surface area contributed by atoms with Crippen LogP contribution in [0, 0.1) is 11.7 Å². The summed E-state index contributed by atoms with van der Waals surface area (Å²) in [5, 5.41) is 10.1. The van der Waals surface area contributed by atoms with Gasteiger partial charge in [0.2, 0.25) is 0 Å². The summed E-state index contributed by atoms with van der Waals surface area (Å²) in [6, 6.07) is 22.9. The number of hydrogen-bond donors (Lipinski definition) is 1. The van der Waals surface area contributed by atoms with Crippen LogP contribution >= 0.6 is 11.6 Å². The molecule has 1 nitrogen and oxygen atoms in total. The standard InChI is InChI=1S/C26H28ClFO/c1-18(2)15-20-9-12-23(13-10-20)26(27,17-19(3)29)24-14-11-22(16-25(24)28)21-7-5-4-6-8-21/h4-14,16,18-19,29H,15,17H2,1-3H3. The molecule has 0 aliphatic rings. The van der Waals surface area contributed by atoms with Crippen LogP contribution < -0.4 is 0 Å². The second kappa shape index (κ2) is 9.11. The minimum Gasteiger partial charge on any atom is -0.393 e. The highest BCUT2D eigenvalue weighted by molar-refractivity contribution is 6.26. The van der Waals surface area contributed by atoms with Crippen LogP contribution in [0.25, 0.3) is 11.1 Å². The van der Waals surface area contributed by atoms with Gasteiger partial charge in [0.25, 0.3) is 0 Å². The van der Waals surface area contributed by atoms with Crippen LogP contribution in [0.1, 0.15) is 43.9 Å². The molecule has 0 heterocycles. The Morgan fingerprint density at radius 3 is 2.10 bits per heavy atom. The largest absolute Gasteiger partial charge is 0.393 e. The third kappa shape index (κ3) is 5.07. The van der Waals surface area contributed by atoms with Gasteiger partial charge in [0.1, 0.15) is 5.82 Å². The third-order valence-electron chi connectivity index (χ3n) is 5.14. The fourth-order valence-corrected chi connectivity index (χ4v) is 4.32. The van der Waals surface area contributed by atoms with Gasteiger partial charge >= 0.3 is 0 Å². The van der Waals surface area contributed by atoms with Crippen molar-refractivity contribution in [2.45, 2.75) is 44.6 Å². The minimum absolute atomic E-state index is 0.222. The van der Waals surface area contributed by atoms with Gasteiger partial charge in [0.05, 0.1) is 11.0 Å². The van der Waals surface area contributed by atoms with Crippen molar-refractivity contribution in [2.75, 3.05) is 0 Å². The average Bonchev–Trinajstić information content (AvgIpc) is 2.68. The van der Waals surface area contributed by atoms with Crippen LogP contribution in [0.2, 0.25) is 0 Å². The summed E-state index contributed by atoms with van der Waals surface area (Å²) in [6.45, 7) is 6.04. The van der Waals surface area contributed by atoms with E-state index in [2.05, 4.69) is 13.8 Å². The molecule has 0 radical (unpaired) electrons. The van der Waals surface area contributed by atoms with Gasteiger partial charge in [-0.3, -0.25) is 0 Å². The Kier molecular flexibility index (Phi) is 6.77. The van der Waals surface area contributed by atoms with Gasteiger partial charge in [0, 0.05) is 12.0 Å². The van der Waals surface area contributed by atoms with Crippen molar-refractivity contribution in [3.05, 3.63) is 95.3 Å². The van der Waals surface area contributed by atoms with Crippen molar-refractivity contribution < 1.29 is 9.50 Å². The average molecular weight is 411 g/mol. The Hall–Kier alpha value is -2.16. The Balaban J connectivity index is 2.02. The van der Waals surface area contributed by atoms with Gasteiger partial charge in [0.15, 0.2) is 0 Å². The van der Waals surface area contributed by atoms with E-state index in [9.17, 15) is 5.11 Å². The zero-order valence-corrected chi connectivity index (χ0v) is 18.0. The highest BCUT2D eigenvalue weighted by Crippen LogP contribution is 2.43. The van der Waals surface area contributed by atoms with E-state index in [1.54, 1.807) is 13.0 Å². The predicted molar refractivity (Wildman–Crippen MR) is 120 cm³/mol. The summed E-state index contributed by atoms with van der Waals surface area (Å²) in [5.74, 6) is 0.190. The monoisotopic (exact) mass is 410 g/mol. The highest BCUT2D eigenvalue weighted by atomic mass is 35.5. The normalized spacial score (nSPS) is 14.6. The molecule has 1 N–H and O–H groups in total. The lowest BCUT2D eigenvalue weighted by atomic mass is 9.84. The van der Waals surface area contributed by atoms with Gasteiger partial charge in [-0.1, -0.05) is 80.6 Å². The Bertz CT molecular complexity index is 935. The van der Waals surface area contributed by atoms with E-state index in [1.807, 2.05) is 60.7 Å². The molecule has 2 atom stereocenters. The van der Waals surface area contributed by atoms with E-state index in [0.29, 0.717) is 11.5 Å². The van der Waals surface area contributed by atoms with Gasteiger partial charge in [-0.15, -0.1) is 11.6 Å². The number of hydrogen-bond acceptors (Lipinski definition) is 1. The second-order valence-corrected chi connectivity index (χ2v) is 8.86. The molecule has 0 fully saturated rings. The third-order valence-corrected chi connectivity index (χ3v) is 5.71. The van der Waals surface area contributed by atoms with Crippen molar-refractivity contribution in [1.29, 1.82) is 0 Å². The predicted octanol–water partition coefficient (Wildman–Crippen LogP) is 6.94. The maximum absolute atomic E-state index is 15.3. The molecular formula is C26H28ClFO. The number of halogens is 2. The quantitative estimate of drug-likeness (QED) is 0.418. The van der Waals surface area contributed by atoms with E-state index in [-0.39, 0.29) is 12.2 Å². The molecule has 0 aliphatic heterocycles. The Morgan fingerprint density at radius 1 is 0.897 bits per heavy atom. The molecule has 3 aromatic carbocycles. The molecule has 0 amide bonds. The molecule has 3 aromatic rings. The summed E-state index contributed by atoms with van der Waals surface area (Å²) in [7, 11) is 0. The second-order valence-electron chi connectivity index (χ2n) is 8.21. The van der Waals surface area contributed by atoms with Gasteiger partial charge in [-0.2, -0.15) is 0 Å². The molecule has 0 aliphatic carbocycles. The first-order chi connectivity index (χ1) is 13.8. The van der Waals surface area contributed by atoms with Gasteiger partial charge < -0.3 is 5.11 Å². The number of rotatable bonds is 7. The van der Waals surface area contributed by atoms with E-state index >= 15 is 4.39 Å². The lowest BCUT2D eigenvalue weighted by Gasteiger charge is -2.30. The van der Waals surface area contributed by atoms with E-state index in [4.69, 9.17) is 11.6 Å². The highest BCUT2D eigenvalue weighted by Gasteiger charge is 2.36. The van der Waals surface area contributed by atoms with E-state index in [1.165, 1.54) is 11.6 Å². The van der Waals surface area contributed by atoms with Crippen molar-refractivity contribution in [1.82, 2.24) is 0 Å². The topological polar surface area (TPSA) is 20.2 Å². The van der Waals surface area contributed by atoms with Gasteiger partial charge in [-0.25, -0.2) is 4.39 Å². The maximum Gasteiger partial charge on any atom is 0.129 e. The molecule has 29 heavy (non-hydrogen) atoms. The van der Waals surface area contributed by atoms with Crippen molar-refractivity contribution in [3.8, 4) is 11.1 Å². The first-order valence-electron chi connectivity index (χ1n) is 10.1. The summed E-state index contributed by atoms with van der Waals surface area (Å²) in [5.41, 5.74) is 4.15. The molecule has 0 aromatic heterocycles. The first-order valence-corrected chi connectivity index (χ1v) is 10.5. The maximum atomic E-state index is 15.3. The molecule has 3 heteroatoms. The van der Waals surface area contributed by atoms with Crippen molar-refractivity contribution in [2.24, 2.45) is 5.92 Å². The zero-order chi connectivity index (χ0) is 21.0. The minimum atomic E-state index is -1.14. The van der Waals surface area contributed by atoms with Crippen molar-refractivity contribution in [3.63, 3.8) is 0 Å². The molecular weight excluding hydrogens is 383 g/mol. The fraction of sp³-hybridized carbons (Fsp3) is 0.308. The van der Waals surface area contributed by atoms with Crippen LogP contribution in [-0.2, 0) is 11.3 Å². The molecule has 0 saturated heterocycles. The number of alkyl halides is 1. The SMILES string of the molecule is CC(C)Cc1ccc(C(Cl)(CC(C)O)c2ccc(-c3ccccc3)cc2F)cc1.